The van der Waals surface area contributed by atoms with Crippen molar-refractivity contribution in [2.45, 2.75) is 39.3 Å². The van der Waals surface area contributed by atoms with Crippen LogP contribution in [0.4, 0.5) is 0 Å². The van der Waals surface area contributed by atoms with Crippen molar-refractivity contribution in [3.8, 4) is 34.1 Å². The molecule has 4 rings (SSSR count). The monoisotopic (exact) mass is 421 g/mol. The van der Waals surface area contributed by atoms with Crippen LogP contribution in [0.2, 0.25) is 0 Å². The Labute approximate surface area is 184 Å². The number of ether oxygens (including phenoxy) is 4. The van der Waals surface area contributed by atoms with Gasteiger partial charge in [0.2, 0.25) is 0 Å². The molecular weight excluding hydrogens is 390 g/mol. The van der Waals surface area contributed by atoms with E-state index in [1.165, 1.54) is 11.1 Å². The van der Waals surface area contributed by atoms with Crippen molar-refractivity contribution < 1.29 is 18.9 Å². The van der Waals surface area contributed by atoms with Gasteiger partial charge in [-0.3, -0.25) is 0 Å². The van der Waals surface area contributed by atoms with E-state index in [1.54, 1.807) is 28.4 Å². The van der Waals surface area contributed by atoms with Gasteiger partial charge in [0.25, 0.3) is 0 Å². The van der Waals surface area contributed by atoms with Crippen LogP contribution in [-0.4, -0.2) is 34.5 Å². The molecule has 0 bridgehead atoms. The largest absolute Gasteiger partial charge is 0.496 e. The molecule has 5 heteroatoms. The molecule has 0 unspecified atom stereocenters. The maximum atomic E-state index is 5.91. The van der Waals surface area contributed by atoms with E-state index in [4.69, 9.17) is 18.9 Å². The third kappa shape index (κ3) is 3.47. The van der Waals surface area contributed by atoms with Gasteiger partial charge >= 0.3 is 0 Å². The lowest BCUT2D eigenvalue weighted by atomic mass is 9.83. The summed E-state index contributed by atoms with van der Waals surface area (Å²) in [6.07, 6.45) is 0.888. The molecule has 3 aromatic rings. The predicted molar refractivity (Wildman–Crippen MR) is 125 cm³/mol. The van der Waals surface area contributed by atoms with E-state index in [1.807, 2.05) is 18.2 Å². The zero-order chi connectivity index (χ0) is 22.3. The summed E-state index contributed by atoms with van der Waals surface area (Å²) in [5.41, 5.74) is 5.80. The third-order valence-corrected chi connectivity index (χ3v) is 6.21. The van der Waals surface area contributed by atoms with Crippen molar-refractivity contribution in [3.05, 3.63) is 47.0 Å². The normalized spacial score (nSPS) is 17.9. The summed E-state index contributed by atoms with van der Waals surface area (Å²) in [6, 6.07) is 10.9. The molecule has 1 N–H and O–H groups in total. The summed E-state index contributed by atoms with van der Waals surface area (Å²) in [6.45, 7) is 6.49. The highest BCUT2D eigenvalue weighted by Crippen LogP contribution is 2.49. The zero-order valence-electron chi connectivity index (χ0n) is 19.4. The van der Waals surface area contributed by atoms with Crippen LogP contribution in [-0.2, 0) is 6.42 Å². The minimum Gasteiger partial charge on any atom is -0.496 e. The van der Waals surface area contributed by atoms with Gasteiger partial charge in [-0.05, 0) is 67.5 Å². The number of nitrogens with one attached hydrogen (secondary N) is 1. The predicted octanol–water partition coefficient (Wildman–Crippen LogP) is 5.44. The molecule has 0 spiro atoms. The molecule has 31 heavy (non-hydrogen) atoms. The number of aryl methyl sites for hydroxylation is 1. The fraction of sp³-hybridized carbons (Fsp3) is 0.385. The topological polar surface area (TPSA) is 49.0 Å². The van der Waals surface area contributed by atoms with Gasteiger partial charge < -0.3 is 24.3 Å². The Morgan fingerprint density at radius 3 is 2.13 bits per heavy atom. The van der Waals surface area contributed by atoms with E-state index in [0.29, 0.717) is 6.04 Å². The molecule has 0 aromatic heterocycles. The van der Waals surface area contributed by atoms with Crippen molar-refractivity contribution >= 4 is 10.8 Å². The van der Waals surface area contributed by atoms with E-state index >= 15 is 0 Å². The highest BCUT2D eigenvalue weighted by molar-refractivity contribution is 6.05. The number of fused-ring (bicyclic) bond motifs is 2. The first-order valence-electron chi connectivity index (χ1n) is 10.6. The van der Waals surface area contributed by atoms with Gasteiger partial charge in [0.15, 0.2) is 0 Å². The molecule has 164 valence electrons. The summed E-state index contributed by atoms with van der Waals surface area (Å²) in [5.74, 6) is 3.26. The molecule has 1 aliphatic heterocycles. The molecule has 0 saturated heterocycles. The Morgan fingerprint density at radius 1 is 0.806 bits per heavy atom. The summed E-state index contributed by atoms with van der Waals surface area (Å²) in [7, 11) is 6.83. The Hall–Kier alpha value is -2.92. The Bertz CT molecular complexity index is 1140. The van der Waals surface area contributed by atoms with Gasteiger partial charge in [0, 0.05) is 29.3 Å². The lowest BCUT2D eigenvalue weighted by molar-refractivity contribution is 0.371. The zero-order valence-corrected chi connectivity index (χ0v) is 19.4. The maximum Gasteiger partial charge on any atom is 0.130 e. The van der Waals surface area contributed by atoms with E-state index in [9.17, 15) is 0 Å². The standard InChI is InChI=1S/C26H31NO4/c1-14-10-18-17(8-9-20(28-4)26(18)21(11-14)29-5)25-19-12-15(2)27-16(3)24(19)22(30-6)13-23(25)31-7/h8-11,13,15-16,27H,12H2,1-7H3/t15-,16-/m0/s1. The first kappa shape index (κ1) is 21.3. The van der Waals surface area contributed by atoms with Crippen LogP contribution in [0.3, 0.4) is 0 Å². The van der Waals surface area contributed by atoms with Crippen molar-refractivity contribution in [1.29, 1.82) is 0 Å². The SMILES string of the molecule is COc1cc(OC)c2c(c1-c1ccc(OC)c3c(OC)cc(C)cc13)C[C@H](C)N[C@H]2C. The molecule has 1 aliphatic rings. The highest BCUT2D eigenvalue weighted by atomic mass is 16.5. The molecule has 3 aromatic carbocycles. The molecule has 0 amide bonds. The molecule has 1 heterocycles. The minimum atomic E-state index is 0.180. The molecule has 0 radical (unpaired) electrons. The van der Waals surface area contributed by atoms with E-state index in [2.05, 4.69) is 38.2 Å². The van der Waals surface area contributed by atoms with Crippen molar-refractivity contribution in [2.24, 2.45) is 0 Å². The third-order valence-electron chi connectivity index (χ3n) is 6.21. The smallest absolute Gasteiger partial charge is 0.130 e. The van der Waals surface area contributed by atoms with Gasteiger partial charge in [-0.15, -0.1) is 0 Å². The number of rotatable bonds is 5. The minimum absolute atomic E-state index is 0.180. The summed E-state index contributed by atoms with van der Waals surface area (Å²) >= 11 is 0. The average Bonchev–Trinajstić information content (AvgIpc) is 2.76. The molecular formula is C26H31NO4. The molecule has 2 atom stereocenters. The second-order valence-corrected chi connectivity index (χ2v) is 8.25. The van der Waals surface area contributed by atoms with Crippen LogP contribution >= 0.6 is 0 Å². The van der Waals surface area contributed by atoms with Gasteiger partial charge in [0.1, 0.15) is 23.0 Å². The van der Waals surface area contributed by atoms with Crippen LogP contribution in [0.15, 0.2) is 30.3 Å². The lowest BCUT2D eigenvalue weighted by Crippen LogP contribution is -2.36. The van der Waals surface area contributed by atoms with Crippen LogP contribution in [0.25, 0.3) is 21.9 Å². The van der Waals surface area contributed by atoms with E-state index in [0.717, 1.165) is 56.9 Å². The van der Waals surface area contributed by atoms with Crippen LogP contribution in [0.5, 0.6) is 23.0 Å². The number of methoxy groups -OCH3 is 4. The molecule has 0 fully saturated rings. The average molecular weight is 422 g/mol. The summed E-state index contributed by atoms with van der Waals surface area (Å²) in [5, 5.41) is 5.70. The van der Waals surface area contributed by atoms with E-state index in [-0.39, 0.29) is 6.04 Å². The first-order chi connectivity index (χ1) is 14.9. The molecule has 5 nitrogen and oxygen atoms in total. The van der Waals surface area contributed by atoms with Gasteiger partial charge in [-0.25, -0.2) is 0 Å². The summed E-state index contributed by atoms with van der Waals surface area (Å²) in [4.78, 5) is 0. The molecule has 0 saturated carbocycles. The lowest BCUT2D eigenvalue weighted by Gasteiger charge is -2.33. The van der Waals surface area contributed by atoms with Crippen molar-refractivity contribution in [3.63, 3.8) is 0 Å². The van der Waals surface area contributed by atoms with Crippen molar-refractivity contribution in [1.82, 2.24) is 5.32 Å². The highest BCUT2D eigenvalue weighted by Gasteiger charge is 2.30. The quantitative estimate of drug-likeness (QED) is 0.594. The summed E-state index contributed by atoms with van der Waals surface area (Å²) < 4.78 is 23.1. The second kappa shape index (κ2) is 8.31. The number of hydrogen-bond donors (Lipinski definition) is 1. The van der Waals surface area contributed by atoms with Gasteiger partial charge in [-0.1, -0.05) is 6.07 Å². The fourth-order valence-corrected chi connectivity index (χ4v) is 4.99. The maximum absolute atomic E-state index is 5.91. The number of hydrogen-bond acceptors (Lipinski definition) is 5. The molecule has 0 aliphatic carbocycles. The first-order valence-corrected chi connectivity index (χ1v) is 10.6. The Balaban J connectivity index is 2.14. The second-order valence-electron chi connectivity index (χ2n) is 8.25. The van der Waals surface area contributed by atoms with Crippen molar-refractivity contribution in [2.75, 3.05) is 28.4 Å². The number of benzene rings is 3. The Morgan fingerprint density at radius 2 is 1.48 bits per heavy atom. The van der Waals surface area contributed by atoms with Crippen LogP contribution in [0, 0.1) is 6.92 Å². The van der Waals surface area contributed by atoms with Gasteiger partial charge in [-0.2, -0.15) is 0 Å². The van der Waals surface area contributed by atoms with Gasteiger partial charge in [0.05, 0.1) is 33.8 Å². The Kier molecular flexibility index (Phi) is 5.71. The fourth-order valence-electron chi connectivity index (χ4n) is 4.99. The van der Waals surface area contributed by atoms with Crippen LogP contribution < -0.4 is 24.3 Å². The van der Waals surface area contributed by atoms with Crippen LogP contribution in [0.1, 0.15) is 36.6 Å². The van der Waals surface area contributed by atoms with E-state index < -0.39 is 0 Å².